The molecule has 1 atom stereocenters. The topological polar surface area (TPSA) is 86.8 Å². The minimum absolute atomic E-state index is 0.0596. The molecule has 0 bridgehead atoms. The predicted molar refractivity (Wildman–Crippen MR) is 142 cm³/mol. The van der Waals surface area contributed by atoms with Crippen LogP contribution in [0.2, 0.25) is 10.0 Å². The van der Waals surface area contributed by atoms with Crippen LogP contribution in [0.5, 0.6) is 0 Å². The predicted octanol–water partition coefficient (Wildman–Crippen LogP) is 4.71. The first-order chi connectivity index (χ1) is 16.3. The third-order valence-electron chi connectivity index (χ3n) is 5.52. The second-order valence-corrected chi connectivity index (χ2v) is 11.6. The number of anilines is 1. The molecule has 0 aromatic heterocycles. The molecule has 1 unspecified atom stereocenters. The highest BCUT2D eigenvalue weighted by atomic mass is 35.5. The van der Waals surface area contributed by atoms with Crippen LogP contribution >= 0.6 is 23.2 Å². The van der Waals surface area contributed by atoms with Gasteiger partial charge in [0.2, 0.25) is 21.8 Å². The van der Waals surface area contributed by atoms with Gasteiger partial charge in [0.05, 0.1) is 22.0 Å². The zero-order valence-corrected chi connectivity index (χ0v) is 23.3. The van der Waals surface area contributed by atoms with Crippen molar-refractivity contribution in [1.29, 1.82) is 0 Å². The largest absolute Gasteiger partial charge is 0.352 e. The summed E-state index contributed by atoms with van der Waals surface area (Å²) in [6.07, 6.45) is 1.41. The Morgan fingerprint density at radius 2 is 1.63 bits per heavy atom. The summed E-state index contributed by atoms with van der Waals surface area (Å²) in [5, 5.41) is 3.55. The van der Waals surface area contributed by atoms with Crippen molar-refractivity contribution in [2.24, 2.45) is 0 Å². The zero-order valence-electron chi connectivity index (χ0n) is 20.9. The quantitative estimate of drug-likeness (QED) is 0.471. The van der Waals surface area contributed by atoms with Gasteiger partial charge in [0.1, 0.15) is 12.6 Å². The van der Waals surface area contributed by atoms with Gasteiger partial charge in [0.25, 0.3) is 0 Å². The molecule has 2 aromatic carbocycles. The van der Waals surface area contributed by atoms with Crippen LogP contribution in [0, 0.1) is 13.8 Å². The summed E-state index contributed by atoms with van der Waals surface area (Å²) < 4.78 is 26.7. The van der Waals surface area contributed by atoms with Crippen LogP contribution in [-0.4, -0.2) is 50.0 Å². The first-order valence-electron chi connectivity index (χ1n) is 11.3. The lowest BCUT2D eigenvalue weighted by molar-refractivity contribution is -0.140. The van der Waals surface area contributed by atoms with E-state index in [-0.39, 0.29) is 18.5 Å². The first kappa shape index (κ1) is 28.9. The van der Waals surface area contributed by atoms with Gasteiger partial charge in [-0.2, -0.15) is 0 Å². The highest BCUT2D eigenvalue weighted by molar-refractivity contribution is 7.92. The Labute approximate surface area is 218 Å². The monoisotopic (exact) mass is 541 g/mol. The lowest BCUT2D eigenvalue weighted by Gasteiger charge is -2.34. The van der Waals surface area contributed by atoms with E-state index in [1.165, 1.54) is 4.90 Å². The van der Waals surface area contributed by atoms with Crippen LogP contribution in [0.1, 0.15) is 43.9 Å². The molecular formula is C25H33Cl2N3O4S. The SMILES string of the molecule is CCC(C(=O)NC(C)C)N(Cc1ccc(Cl)c(Cl)c1)C(=O)CN(c1c(C)cccc1C)S(C)(=O)=O. The van der Waals surface area contributed by atoms with Crippen LogP contribution in [0.25, 0.3) is 0 Å². The average Bonchev–Trinajstić information content (AvgIpc) is 2.73. The van der Waals surface area contributed by atoms with Crippen molar-refractivity contribution in [2.75, 3.05) is 17.1 Å². The van der Waals surface area contributed by atoms with Crippen LogP contribution in [0.4, 0.5) is 5.69 Å². The minimum Gasteiger partial charge on any atom is -0.352 e. The summed E-state index contributed by atoms with van der Waals surface area (Å²) in [7, 11) is -3.80. The number of aryl methyl sites for hydroxylation is 2. The van der Waals surface area contributed by atoms with Crippen LogP contribution in [-0.2, 0) is 26.2 Å². The van der Waals surface area contributed by atoms with Crippen molar-refractivity contribution in [3.8, 4) is 0 Å². The molecule has 0 heterocycles. The van der Waals surface area contributed by atoms with Gasteiger partial charge in [0.15, 0.2) is 0 Å². The summed E-state index contributed by atoms with van der Waals surface area (Å²) in [6, 6.07) is 9.47. The number of sulfonamides is 1. The summed E-state index contributed by atoms with van der Waals surface area (Å²) in [4.78, 5) is 28.1. The second kappa shape index (κ2) is 12.1. The van der Waals surface area contributed by atoms with Gasteiger partial charge in [-0.1, -0.05) is 54.4 Å². The van der Waals surface area contributed by atoms with E-state index < -0.39 is 28.5 Å². The Balaban J connectivity index is 2.52. The molecule has 0 fully saturated rings. The average molecular weight is 543 g/mol. The van der Waals surface area contributed by atoms with E-state index in [1.807, 2.05) is 19.9 Å². The van der Waals surface area contributed by atoms with Crippen LogP contribution in [0.15, 0.2) is 36.4 Å². The molecule has 2 aromatic rings. The Hall–Kier alpha value is -2.29. The first-order valence-corrected chi connectivity index (χ1v) is 13.9. The molecular weight excluding hydrogens is 509 g/mol. The smallest absolute Gasteiger partial charge is 0.244 e. The van der Waals surface area contributed by atoms with Crippen molar-refractivity contribution >= 4 is 50.7 Å². The lowest BCUT2D eigenvalue weighted by Crippen LogP contribution is -2.53. The standard InChI is InChI=1S/C25H33Cl2N3O4S/c1-7-22(25(32)28-16(2)3)29(14-19-11-12-20(26)21(27)13-19)23(31)15-30(35(6,33)34)24-17(4)9-8-10-18(24)5/h8-13,16,22H,7,14-15H2,1-6H3,(H,28,32). The highest BCUT2D eigenvalue weighted by Crippen LogP contribution is 2.28. The number of halogens is 2. The molecule has 192 valence electrons. The van der Waals surface area contributed by atoms with Gasteiger partial charge < -0.3 is 10.2 Å². The van der Waals surface area contributed by atoms with Gasteiger partial charge in [-0.3, -0.25) is 13.9 Å². The van der Waals surface area contributed by atoms with Crippen molar-refractivity contribution in [3.63, 3.8) is 0 Å². The van der Waals surface area contributed by atoms with E-state index in [0.29, 0.717) is 27.7 Å². The molecule has 7 nitrogen and oxygen atoms in total. The Morgan fingerprint density at radius 1 is 1.03 bits per heavy atom. The fourth-order valence-corrected chi connectivity index (χ4v) is 5.20. The Kier molecular flexibility index (Phi) is 10.0. The summed E-state index contributed by atoms with van der Waals surface area (Å²) >= 11 is 12.2. The molecule has 2 amide bonds. The van der Waals surface area contributed by atoms with Crippen molar-refractivity contribution in [2.45, 2.75) is 59.7 Å². The molecule has 0 spiro atoms. The van der Waals surface area contributed by atoms with Gasteiger partial charge in [-0.15, -0.1) is 0 Å². The van der Waals surface area contributed by atoms with Crippen molar-refractivity contribution in [1.82, 2.24) is 10.2 Å². The highest BCUT2D eigenvalue weighted by Gasteiger charge is 2.32. The maximum atomic E-state index is 13.7. The fraction of sp³-hybridized carbons (Fsp3) is 0.440. The lowest BCUT2D eigenvalue weighted by atomic mass is 10.1. The van der Waals surface area contributed by atoms with Gasteiger partial charge in [-0.25, -0.2) is 8.42 Å². The Morgan fingerprint density at radius 3 is 2.11 bits per heavy atom. The molecule has 0 aliphatic rings. The number of rotatable bonds is 10. The molecule has 1 N–H and O–H groups in total. The second-order valence-electron chi connectivity index (χ2n) is 8.87. The van der Waals surface area contributed by atoms with Gasteiger partial charge in [0, 0.05) is 12.6 Å². The number of carbonyl (C=O) groups is 2. The number of para-hydroxylation sites is 1. The molecule has 0 saturated heterocycles. The van der Waals surface area contributed by atoms with Gasteiger partial charge >= 0.3 is 0 Å². The number of nitrogens with zero attached hydrogens (tertiary/aromatic N) is 2. The number of benzene rings is 2. The van der Waals surface area contributed by atoms with Crippen LogP contribution < -0.4 is 9.62 Å². The third-order valence-corrected chi connectivity index (χ3v) is 7.37. The van der Waals surface area contributed by atoms with Crippen molar-refractivity contribution in [3.05, 3.63) is 63.1 Å². The number of amides is 2. The molecule has 0 radical (unpaired) electrons. The van der Waals surface area contributed by atoms with E-state index in [4.69, 9.17) is 23.2 Å². The third kappa shape index (κ3) is 7.59. The number of hydrogen-bond donors (Lipinski definition) is 1. The van der Waals surface area contributed by atoms with E-state index in [9.17, 15) is 18.0 Å². The summed E-state index contributed by atoms with van der Waals surface area (Å²) in [5.41, 5.74) is 2.58. The number of nitrogens with one attached hydrogen (secondary N) is 1. The van der Waals surface area contributed by atoms with E-state index in [0.717, 1.165) is 21.7 Å². The summed E-state index contributed by atoms with van der Waals surface area (Å²) in [6.45, 7) is 8.68. The molecule has 0 saturated carbocycles. The normalized spacial score (nSPS) is 12.4. The molecule has 0 aliphatic heterocycles. The maximum absolute atomic E-state index is 13.7. The van der Waals surface area contributed by atoms with E-state index >= 15 is 0 Å². The van der Waals surface area contributed by atoms with Crippen LogP contribution in [0.3, 0.4) is 0 Å². The molecule has 35 heavy (non-hydrogen) atoms. The van der Waals surface area contributed by atoms with E-state index in [2.05, 4.69) is 5.32 Å². The van der Waals surface area contributed by atoms with Crippen molar-refractivity contribution < 1.29 is 18.0 Å². The Bertz CT molecular complexity index is 1160. The molecule has 10 heteroatoms. The number of carbonyl (C=O) groups excluding carboxylic acids is 2. The minimum atomic E-state index is -3.80. The fourth-order valence-electron chi connectivity index (χ4n) is 3.91. The van der Waals surface area contributed by atoms with E-state index in [1.54, 1.807) is 51.1 Å². The zero-order chi connectivity index (χ0) is 26.5. The van der Waals surface area contributed by atoms with Gasteiger partial charge in [-0.05, 0) is 62.9 Å². The molecule has 2 rings (SSSR count). The molecule has 0 aliphatic carbocycles. The summed E-state index contributed by atoms with van der Waals surface area (Å²) in [5.74, 6) is -0.816. The number of hydrogen-bond acceptors (Lipinski definition) is 4. The maximum Gasteiger partial charge on any atom is 0.244 e.